The Morgan fingerprint density at radius 1 is 1.00 bits per heavy atom. The minimum atomic E-state index is 0.809. The largest absolute Gasteiger partial charge is 0.265 e. The molecule has 70 valence electrons. The van der Waals surface area contributed by atoms with E-state index in [0.717, 1.165) is 17.8 Å². The minimum absolute atomic E-state index is 0.809. The lowest BCUT2D eigenvalue weighted by atomic mass is 10.1. The van der Waals surface area contributed by atoms with Gasteiger partial charge in [0.15, 0.2) is 0 Å². The normalized spacial score (nSPS) is 10.1. The molecule has 0 aliphatic heterocycles. The molecule has 0 spiro atoms. The monoisotopic (exact) mass is 185 g/mol. The van der Waals surface area contributed by atoms with Crippen LogP contribution in [0.1, 0.15) is 17.0 Å². The standard InChI is InChI=1S/C11H11N3/c1-9-13-7-11(8-14-9)6-10-2-4-12-5-3-10/h2-5,7-8H,6H2,1H3. The van der Waals surface area contributed by atoms with Gasteiger partial charge in [0.2, 0.25) is 0 Å². The highest BCUT2D eigenvalue weighted by molar-refractivity contribution is 5.20. The zero-order valence-corrected chi connectivity index (χ0v) is 8.01. The lowest BCUT2D eigenvalue weighted by Crippen LogP contribution is -1.93. The molecule has 3 nitrogen and oxygen atoms in total. The van der Waals surface area contributed by atoms with E-state index in [4.69, 9.17) is 0 Å². The lowest BCUT2D eigenvalue weighted by molar-refractivity contribution is 1.00. The molecule has 3 heteroatoms. The summed E-state index contributed by atoms with van der Waals surface area (Å²) in [5, 5.41) is 0. The Hall–Kier alpha value is -1.77. The zero-order chi connectivity index (χ0) is 9.80. The van der Waals surface area contributed by atoms with Crippen LogP contribution in [0, 0.1) is 6.92 Å². The summed E-state index contributed by atoms with van der Waals surface area (Å²) in [6.07, 6.45) is 8.18. The topological polar surface area (TPSA) is 38.7 Å². The van der Waals surface area contributed by atoms with Crippen LogP contribution in [0.5, 0.6) is 0 Å². The highest BCUT2D eigenvalue weighted by Crippen LogP contribution is 2.05. The summed E-state index contributed by atoms with van der Waals surface area (Å²) in [4.78, 5) is 12.3. The van der Waals surface area contributed by atoms with E-state index in [9.17, 15) is 0 Å². The second-order valence-electron chi connectivity index (χ2n) is 3.17. The van der Waals surface area contributed by atoms with Crippen molar-refractivity contribution in [3.8, 4) is 0 Å². The summed E-state index contributed by atoms with van der Waals surface area (Å²) in [5.74, 6) is 0.809. The van der Waals surface area contributed by atoms with Gasteiger partial charge < -0.3 is 0 Å². The summed E-state index contributed by atoms with van der Waals surface area (Å²) in [7, 11) is 0. The van der Waals surface area contributed by atoms with E-state index in [-0.39, 0.29) is 0 Å². The molecule has 2 aromatic heterocycles. The van der Waals surface area contributed by atoms with Gasteiger partial charge in [0.1, 0.15) is 5.82 Å². The van der Waals surface area contributed by atoms with E-state index >= 15 is 0 Å². The van der Waals surface area contributed by atoms with Crippen LogP contribution in [0.3, 0.4) is 0 Å². The van der Waals surface area contributed by atoms with Gasteiger partial charge in [0.25, 0.3) is 0 Å². The molecule has 0 saturated carbocycles. The molecule has 0 N–H and O–H groups in total. The summed E-state index contributed by atoms with van der Waals surface area (Å²) >= 11 is 0. The molecule has 0 saturated heterocycles. The van der Waals surface area contributed by atoms with Crippen molar-refractivity contribution >= 4 is 0 Å². The highest BCUT2D eigenvalue weighted by atomic mass is 14.8. The molecule has 0 unspecified atom stereocenters. The van der Waals surface area contributed by atoms with Gasteiger partial charge in [-0.05, 0) is 30.2 Å². The van der Waals surface area contributed by atoms with Gasteiger partial charge in [-0.15, -0.1) is 0 Å². The number of aromatic nitrogens is 3. The second kappa shape index (κ2) is 3.96. The van der Waals surface area contributed by atoms with Crippen molar-refractivity contribution in [2.75, 3.05) is 0 Å². The van der Waals surface area contributed by atoms with Crippen LogP contribution in [0.15, 0.2) is 36.9 Å². The third-order valence-electron chi connectivity index (χ3n) is 1.99. The van der Waals surface area contributed by atoms with Crippen molar-refractivity contribution in [2.24, 2.45) is 0 Å². The summed E-state index contributed by atoms with van der Waals surface area (Å²) in [5.41, 5.74) is 2.36. The van der Waals surface area contributed by atoms with Gasteiger partial charge in [-0.25, -0.2) is 9.97 Å². The van der Waals surface area contributed by atoms with Gasteiger partial charge >= 0.3 is 0 Å². The van der Waals surface area contributed by atoms with Gasteiger partial charge in [0.05, 0.1) is 0 Å². The second-order valence-corrected chi connectivity index (χ2v) is 3.17. The third-order valence-corrected chi connectivity index (χ3v) is 1.99. The van der Waals surface area contributed by atoms with E-state index in [1.807, 2.05) is 31.5 Å². The molecule has 14 heavy (non-hydrogen) atoms. The Morgan fingerprint density at radius 2 is 1.64 bits per heavy atom. The fraction of sp³-hybridized carbons (Fsp3) is 0.182. The van der Waals surface area contributed by atoms with Crippen LogP contribution in [-0.4, -0.2) is 15.0 Å². The number of rotatable bonds is 2. The van der Waals surface area contributed by atoms with Gasteiger partial charge in [0, 0.05) is 31.2 Å². The fourth-order valence-corrected chi connectivity index (χ4v) is 1.25. The fourth-order valence-electron chi connectivity index (χ4n) is 1.25. The molecule has 0 fully saturated rings. The molecule has 2 aromatic rings. The number of aryl methyl sites for hydroxylation is 1. The first-order valence-electron chi connectivity index (χ1n) is 4.51. The number of pyridine rings is 1. The molecule has 2 rings (SSSR count). The van der Waals surface area contributed by atoms with Crippen LogP contribution in [0.2, 0.25) is 0 Å². The highest BCUT2D eigenvalue weighted by Gasteiger charge is 1.96. The Labute approximate surface area is 82.9 Å². The molecule has 0 bridgehead atoms. The Balaban J connectivity index is 2.16. The first-order chi connectivity index (χ1) is 6.84. The van der Waals surface area contributed by atoms with Crippen molar-refractivity contribution < 1.29 is 0 Å². The van der Waals surface area contributed by atoms with E-state index < -0.39 is 0 Å². The van der Waals surface area contributed by atoms with Crippen LogP contribution in [-0.2, 0) is 6.42 Å². The average Bonchev–Trinajstić information content (AvgIpc) is 2.23. The molecule has 0 atom stereocenters. The summed E-state index contributed by atoms with van der Waals surface area (Å²) < 4.78 is 0. The molecule has 0 amide bonds. The molecular formula is C11H11N3. The first kappa shape index (κ1) is 8.81. The number of nitrogens with zero attached hydrogens (tertiary/aromatic N) is 3. The third kappa shape index (κ3) is 2.13. The maximum absolute atomic E-state index is 4.15. The van der Waals surface area contributed by atoms with E-state index in [0.29, 0.717) is 0 Å². The maximum atomic E-state index is 4.15. The molecule has 0 aliphatic rings. The quantitative estimate of drug-likeness (QED) is 0.715. The van der Waals surface area contributed by atoms with Gasteiger partial charge in [-0.3, -0.25) is 4.98 Å². The van der Waals surface area contributed by atoms with Crippen LogP contribution < -0.4 is 0 Å². The van der Waals surface area contributed by atoms with Crippen molar-refractivity contribution in [2.45, 2.75) is 13.3 Å². The SMILES string of the molecule is Cc1ncc(Cc2ccncc2)cn1. The predicted octanol–water partition coefficient (Wildman–Crippen LogP) is 1.77. The number of hydrogen-bond acceptors (Lipinski definition) is 3. The smallest absolute Gasteiger partial charge is 0.125 e. The van der Waals surface area contributed by atoms with E-state index in [1.54, 1.807) is 12.4 Å². The Bertz CT molecular complexity index is 395. The Morgan fingerprint density at radius 3 is 2.29 bits per heavy atom. The molecule has 0 radical (unpaired) electrons. The Kier molecular flexibility index (Phi) is 2.49. The van der Waals surface area contributed by atoms with E-state index in [1.165, 1.54) is 5.56 Å². The van der Waals surface area contributed by atoms with Gasteiger partial charge in [-0.2, -0.15) is 0 Å². The minimum Gasteiger partial charge on any atom is -0.265 e. The van der Waals surface area contributed by atoms with Crippen molar-refractivity contribution in [3.05, 3.63) is 53.9 Å². The summed E-state index contributed by atoms with van der Waals surface area (Å²) in [6.45, 7) is 1.89. The molecular weight excluding hydrogens is 174 g/mol. The number of hydrogen-bond donors (Lipinski definition) is 0. The zero-order valence-electron chi connectivity index (χ0n) is 8.01. The van der Waals surface area contributed by atoms with Crippen molar-refractivity contribution in [3.63, 3.8) is 0 Å². The van der Waals surface area contributed by atoms with Crippen molar-refractivity contribution in [1.29, 1.82) is 0 Å². The molecule has 0 aromatic carbocycles. The first-order valence-corrected chi connectivity index (χ1v) is 4.51. The summed E-state index contributed by atoms with van der Waals surface area (Å²) in [6, 6.07) is 4.00. The van der Waals surface area contributed by atoms with Crippen LogP contribution in [0.4, 0.5) is 0 Å². The average molecular weight is 185 g/mol. The van der Waals surface area contributed by atoms with Crippen LogP contribution in [0.25, 0.3) is 0 Å². The van der Waals surface area contributed by atoms with Crippen LogP contribution >= 0.6 is 0 Å². The van der Waals surface area contributed by atoms with Crippen molar-refractivity contribution in [1.82, 2.24) is 15.0 Å². The van der Waals surface area contributed by atoms with Gasteiger partial charge in [-0.1, -0.05) is 0 Å². The maximum Gasteiger partial charge on any atom is 0.125 e. The lowest BCUT2D eigenvalue weighted by Gasteiger charge is -2.00. The van der Waals surface area contributed by atoms with E-state index in [2.05, 4.69) is 15.0 Å². The molecule has 2 heterocycles. The predicted molar refractivity (Wildman–Crippen MR) is 53.8 cm³/mol. The molecule has 0 aliphatic carbocycles.